The number of benzene rings is 1. The molecule has 0 aliphatic carbocycles. The van der Waals surface area contributed by atoms with E-state index in [0.29, 0.717) is 18.2 Å². The molecule has 23 heavy (non-hydrogen) atoms. The molecule has 3 aromatic rings. The van der Waals surface area contributed by atoms with E-state index in [1.165, 1.54) is 0 Å². The summed E-state index contributed by atoms with van der Waals surface area (Å²) in [6.07, 6.45) is 3.38. The van der Waals surface area contributed by atoms with Crippen molar-refractivity contribution in [3.63, 3.8) is 0 Å². The van der Waals surface area contributed by atoms with E-state index in [1.807, 2.05) is 42.5 Å². The number of hydrogen-bond donors (Lipinski definition) is 3. The fourth-order valence-electron chi connectivity index (χ4n) is 2.00. The molecule has 7 nitrogen and oxygen atoms in total. The molecule has 0 saturated carbocycles. The summed E-state index contributed by atoms with van der Waals surface area (Å²) < 4.78 is 0. The Bertz CT molecular complexity index is 757. The van der Waals surface area contributed by atoms with Gasteiger partial charge < -0.3 is 10.6 Å². The highest BCUT2D eigenvalue weighted by atomic mass is 16.2. The van der Waals surface area contributed by atoms with Crippen molar-refractivity contribution >= 4 is 6.03 Å². The van der Waals surface area contributed by atoms with Crippen LogP contribution >= 0.6 is 0 Å². The van der Waals surface area contributed by atoms with Crippen LogP contribution in [0, 0.1) is 0 Å². The number of pyridine rings is 1. The van der Waals surface area contributed by atoms with Gasteiger partial charge in [0, 0.05) is 24.5 Å². The lowest BCUT2D eigenvalue weighted by Crippen LogP contribution is -2.34. The lowest BCUT2D eigenvalue weighted by atomic mass is 10.2. The summed E-state index contributed by atoms with van der Waals surface area (Å²) in [6, 6.07) is 13.2. The van der Waals surface area contributed by atoms with Crippen LogP contribution in [-0.4, -0.2) is 26.2 Å². The Kier molecular flexibility index (Phi) is 4.58. The Morgan fingerprint density at radius 3 is 2.65 bits per heavy atom. The van der Waals surface area contributed by atoms with Gasteiger partial charge in [-0.05, 0) is 17.7 Å². The Balaban J connectivity index is 1.49. The summed E-state index contributed by atoms with van der Waals surface area (Å²) in [4.78, 5) is 20.1. The van der Waals surface area contributed by atoms with Crippen LogP contribution < -0.4 is 10.6 Å². The predicted octanol–water partition coefficient (Wildman–Crippen LogP) is 1.87. The van der Waals surface area contributed by atoms with Crippen molar-refractivity contribution < 1.29 is 4.79 Å². The molecular formula is C16H16N6O. The number of H-pyrrole nitrogens is 1. The first-order valence-corrected chi connectivity index (χ1v) is 7.18. The van der Waals surface area contributed by atoms with Gasteiger partial charge in [0.1, 0.15) is 5.82 Å². The lowest BCUT2D eigenvalue weighted by molar-refractivity contribution is 0.240. The van der Waals surface area contributed by atoms with Crippen LogP contribution in [0.5, 0.6) is 0 Å². The number of aromatic amines is 1. The molecule has 0 saturated heterocycles. The monoisotopic (exact) mass is 308 g/mol. The Morgan fingerprint density at radius 1 is 1.04 bits per heavy atom. The van der Waals surface area contributed by atoms with Crippen LogP contribution in [-0.2, 0) is 13.1 Å². The van der Waals surface area contributed by atoms with E-state index >= 15 is 0 Å². The second-order valence-electron chi connectivity index (χ2n) is 4.87. The zero-order valence-electron chi connectivity index (χ0n) is 12.4. The van der Waals surface area contributed by atoms with Crippen molar-refractivity contribution in [3.8, 4) is 11.4 Å². The zero-order valence-corrected chi connectivity index (χ0v) is 12.4. The van der Waals surface area contributed by atoms with Gasteiger partial charge in [-0.2, -0.15) is 5.10 Å². The number of rotatable bonds is 5. The number of nitrogens with zero attached hydrogens (tertiary/aromatic N) is 3. The summed E-state index contributed by atoms with van der Waals surface area (Å²) >= 11 is 0. The molecule has 2 amide bonds. The Labute approximate surface area is 133 Å². The molecule has 0 fully saturated rings. The summed E-state index contributed by atoms with van der Waals surface area (Å²) in [6.45, 7) is 0.748. The summed E-state index contributed by atoms with van der Waals surface area (Å²) in [5.74, 6) is 1.14. The first-order valence-electron chi connectivity index (χ1n) is 7.18. The number of carbonyl (C=O) groups is 1. The molecule has 3 N–H and O–H groups in total. The van der Waals surface area contributed by atoms with Crippen molar-refractivity contribution in [2.24, 2.45) is 0 Å². The minimum Gasteiger partial charge on any atom is -0.334 e. The quantitative estimate of drug-likeness (QED) is 0.670. The maximum Gasteiger partial charge on any atom is 0.315 e. The SMILES string of the molecule is O=C(NCc1ccccc1)NCc1nc(-c2cccnc2)n[nH]1. The third kappa shape index (κ3) is 4.13. The summed E-state index contributed by atoms with van der Waals surface area (Å²) in [7, 11) is 0. The average Bonchev–Trinajstić information content (AvgIpc) is 3.09. The molecule has 0 spiro atoms. The predicted molar refractivity (Wildman–Crippen MR) is 85.1 cm³/mol. The molecule has 0 radical (unpaired) electrons. The van der Waals surface area contributed by atoms with Crippen molar-refractivity contribution in [1.29, 1.82) is 0 Å². The van der Waals surface area contributed by atoms with Crippen molar-refractivity contribution in [2.75, 3.05) is 0 Å². The first kappa shape index (κ1) is 14.7. The molecule has 116 valence electrons. The second-order valence-corrected chi connectivity index (χ2v) is 4.87. The van der Waals surface area contributed by atoms with Gasteiger partial charge in [-0.15, -0.1) is 0 Å². The number of carbonyl (C=O) groups excluding carboxylic acids is 1. The van der Waals surface area contributed by atoms with Gasteiger partial charge in [0.05, 0.1) is 6.54 Å². The van der Waals surface area contributed by atoms with E-state index in [9.17, 15) is 4.79 Å². The van der Waals surface area contributed by atoms with Crippen molar-refractivity contribution in [3.05, 3.63) is 66.2 Å². The molecule has 2 aromatic heterocycles. The molecule has 0 aliphatic heterocycles. The van der Waals surface area contributed by atoms with Crippen molar-refractivity contribution in [2.45, 2.75) is 13.1 Å². The summed E-state index contributed by atoms with van der Waals surface area (Å²) in [5, 5.41) is 12.4. The zero-order chi connectivity index (χ0) is 15.9. The van der Waals surface area contributed by atoms with Gasteiger partial charge in [-0.25, -0.2) is 9.78 Å². The molecule has 0 aliphatic rings. The van der Waals surface area contributed by atoms with Gasteiger partial charge in [-0.1, -0.05) is 30.3 Å². The number of nitrogens with one attached hydrogen (secondary N) is 3. The molecule has 1 aromatic carbocycles. The van der Waals surface area contributed by atoms with Crippen LogP contribution in [0.25, 0.3) is 11.4 Å². The van der Waals surface area contributed by atoms with E-state index in [2.05, 4.69) is 30.8 Å². The Hall–Kier alpha value is -3.22. The second kappa shape index (κ2) is 7.17. The molecule has 2 heterocycles. The number of urea groups is 1. The third-order valence-electron chi connectivity index (χ3n) is 3.16. The van der Waals surface area contributed by atoms with E-state index in [0.717, 1.165) is 11.1 Å². The normalized spacial score (nSPS) is 10.3. The maximum atomic E-state index is 11.8. The number of amides is 2. The van der Waals surface area contributed by atoms with E-state index in [4.69, 9.17) is 0 Å². The van der Waals surface area contributed by atoms with Gasteiger partial charge >= 0.3 is 6.03 Å². The van der Waals surface area contributed by atoms with Crippen molar-refractivity contribution in [1.82, 2.24) is 30.8 Å². The molecule has 0 unspecified atom stereocenters. The maximum absolute atomic E-state index is 11.8. The van der Waals surface area contributed by atoms with E-state index in [1.54, 1.807) is 12.4 Å². The van der Waals surface area contributed by atoms with Gasteiger partial charge in [0.25, 0.3) is 0 Å². The highest BCUT2D eigenvalue weighted by molar-refractivity contribution is 5.73. The minimum absolute atomic E-state index is 0.256. The first-order chi connectivity index (χ1) is 11.3. The van der Waals surface area contributed by atoms with Crippen LogP contribution in [0.3, 0.4) is 0 Å². The van der Waals surface area contributed by atoms with Crippen LogP contribution in [0.15, 0.2) is 54.9 Å². The highest BCUT2D eigenvalue weighted by Gasteiger charge is 2.07. The standard InChI is InChI=1S/C16H16N6O/c23-16(18-9-12-5-2-1-3-6-12)19-11-14-20-15(22-21-14)13-7-4-8-17-10-13/h1-8,10H,9,11H2,(H2,18,19,23)(H,20,21,22). The number of aromatic nitrogens is 4. The van der Waals surface area contributed by atoms with E-state index < -0.39 is 0 Å². The van der Waals surface area contributed by atoms with Crippen LogP contribution in [0.4, 0.5) is 4.79 Å². The summed E-state index contributed by atoms with van der Waals surface area (Å²) in [5.41, 5.74) is 1.87. The molecule has 7 heteroatoms. The fraction of sp³-hybridized carbons (Fsp3) is 0.125. The van der Waals surface area contributed by atoms with E-state index in [-0.39, 0.29) is 12.6 Å². The fourth-order valence-corrected chi connectivity index (χ4v) is 2.00. The van der Waals surface area contributed by atoms with Crippen LogP contribution in [0.2, 0.25) is 0 Å². The largest absolute Gasteiger partial charge is 0.334 e. The highest BCUT2D eigenvalue weighted by Crippen LogP contribution is 2.11. The number of hydrogen-bond acceptors (Lipinski definition) is 4. The minimum atomic E-state index is -0.256. The van der Waals surface area contributed by atoms with Gasteiger partial charge in [0.15, 0.2) is 5.82 Å². The third-order valence-corrected chi connectivity index (χ3v) is 3.16. The lowest BCUT2D eigenvalue weighted by Gasteiger charge is -2.06. The molecular weight excluding hydrogens is 292 g/mol. The average molecular weight is 308 g/mol. The van der Waals surface area contributed by atoms with Gasteiger partial charge in [-0.3, -0.25) is 10.1 Å². The van der Waals surface area contributed by atoms with Crippen LogP contribution in [0.1, 0.15) is 11.4 Å². The smallest absolute Gasteiger partial charge is 0.315 e. The Morgan fingerprint density at radius 2 is 1.87 bits per heavy atom. The topological polar surface area (TPSA) is 95.6 Å². The molecule has 0 atom stereocenters. The molecule has 3 rings (SSSR count). The molecule has 0 bridgehead atoms. The van der Waals surface area contributed by atoms with Gasteiger partial charge in [0.2, 0.25) is 0 Å².